The normalized spacial score (nSPS) is 10.6. The first kappa shape index (κ1) is 12.7. The van der Waals surface area contributed by atoms with Crippen LogP contribution in [0, 0.1) is 0 Å². The summed E-state index contributed by atoms with van der Waals surface area (Å²) in [5, 5.41) is 4.58. The molecule has 18 heavy (non-hydrogen) atoms. The van der Waals surface area contributed by atoms with Gasteiger partial charge in [0.05, 0.1) is 5.51 Å². The van der Waals surface area contributed by atoms with Crippen molar-refractivity contribution in [1.29, 1.82) is 0 Å². The molecule has 5 heteroatoms. The van der Waals surface area contributed by atoms with E-state index in [2.05, 4.69) is 15.2 Å². The highest BCUT2D eigenvalue weighted by Crippen LogP contribution is 2.13. The Morgan fingerprint density at radius 1 is 1.44 bits per heavy atom. The molecule has 1 heterocycles. The Morgan fingerprint density at radius 2 is 2.28 bits per heavy atom. The maximum atomic E-state index is 11.8. The van der Waals surface area contributed by atoms with Crippen LogP contribution in [0.3, 0.4) is 0 Å². The largest absolute Gasteiger partial charge is 0.321 e. The van der Waals surface area contributed by atoms with Crippen molar-refractivity contribution in [3.8, 4) is 0 Å². The molecule has 2 rings (SSSR count). The van der Waals surface area contributed by atoms with Crippen LogP contribution in [-0.2, 0) is 6.54 Å². The van der Waals surface area contributed by atoms with Gasteiger partial charge in [0.25, 0.3) is 5.91 Å². The number of benzene rings is 1. The predicted octanol–water partition coefficient (Wildman–Crippen LogP) is 2.46. The van der Waals surface area contributed by atoms with Crippen LogP contribution < -0.4 is 5.32 Å². The van der Waals surface area contributed by atoms with Crippen molar-refractivity contribution in [3.05, 3.63) is 46.4 Å². The fourth-order valence-electron chi connectivity index (χ4n) is 1.63. The number of carbonyl (C=O) groups excluding carboxylic acids is 1. The summed E-state index contributed by atoms with van der Waals surface area (Å²) in [5.41, 5.74) is 4.07. The molecular weight excluding hydrogens is 246 g/mol. The number of aromatic nitrogens is 1. The summed E-state index contributed by atoms with van der Waals surface area (Å²) in [5.74, 6) is -0.168. The number of carbonyl (C=O) groups is 1. The van der Waals surface area contributed by atoms with Crippen LogP contribution >= 0.6 is 11.3 Å². The number of nitrogens with zero attached hydrogens (tertiary/aromatic N) is 2. The molecule has 0 atom stereocenters. The molecule has 2 aromatic rings. The van der Waals surface area contributed by atoms with Crippen molar-refractivity contribution in [2.75, 3.05) is 19.4 Å². The van der Waals surface area contributed by atoms with Gasteiger partial charge in [0, 0.05) is 17.6 Å². The van der Waals surface area contributed by atoms with Gasteiger partial charge < -0.3 is 10.2 Å². The smallest absolute Gasteiger partial charge is 0.275 e. The number of nitrogens with one attached hydrogen (secondary N) is 1. The third-order valence-corrected chi connectivity index (χ3v) is 2.94. The molecule has 0 aliphatic heterocycles. The third-order valence-electron chi connectivity index (χ3n) is 2.35. The molecule has 1 N–H and O–H groups in total. The van der Waals surface area contributed by atoms with E-state index in [1.807, 2.05) is 38.4 Å². The highest BCUT2D eigenvalue weighted by atomic mass is 32.1. The molecule has 0 aliphatic rings. The minimum Gasteiger partial charge on any atom is -0.321 e. The zero-order chi connectivity index (χ0) is 13.0. The lowest BCUT2D eigenvalue weighted by molar-refractivity contribution is 0.102. The predicted molar refractivity (Wildman–Crippen MR) is 73.9 cm³/mol. The van der Waals surface area contributed by atoms with Gasteiger partial charge in [0.15, 0.2) is 0 Å². The van der Waals surface area contributed by atoms with Gasteiger partial charge in [-0.05, 0) is 31.8 Å². The quantitative estimate of drug-likeness (QED) is 0.919. The van der Waals surface area contributed by atoms with Crippen LogP contribution in [0.25, 0.3) is 0 Å². The second kappa shape index (κ2) is 5.75. The highest BCUT2D eigenvalue weighted by Gasteiger charge is 2.08. The van der Waals surface area contributed by atoms with Crippen LogP contribution in [0.4, 0.5) is 5.69 Å². The number of anilines is 1. The number of thiazole rings is 1. The molecule has 0 saturated carbocycles. The molecule has 0 aliphatic carbocycles. The molecule has 0 fully saturated rings. The number of hydrogen-bond donors (Lipinski definition) is 1. The topological polar surface area (TPSA) is 45.2 Å². The van der Waals surface area contributed by atoms with Crippen LogP contribution in [-0.4, -0.2) is 29.9 Å². The molecule has 0 saturated heterocycles. The standard InChI is InChI=1S/C13H15N3OS/c1-16(2)7-10-4-3-5-11(6-10)15-13(17)12-8-18-9-14-12/h3-6,8-9H,7H2,1-2H3,(H,15,17). The first-order chi connectivity index (χ1) is 8.65. The van der Waals surface area contributed by atoms with Crippen molar-refractivity contribution >= 4 is 22.9 Å². The van der Waals surface area contributed by atoms with Gasteiger partial charge in [0.1, 0.15) is 5.69 Å². The number of hydrogen-bond acceptors (Lipinski definition) is 4. The Labute approximate surface area is 110 Å². The first-order valence-electron chi connectivity index (χ1n) is 5.58. The Balaban J connectivity index is 2.07. The second-order valence-electron chi connectivity index (χ2n) is 4.27. The molecule has 1 aromatic heterocycles. The molecule has 0 spiro atoms. The Kier molecular flexibility index (Phi) is 4.07. The number of amides is 1. The molecular formula is C13H15N3OS. The fraction of sp³-hybridized carbons (Fsp3) is 0.231. The lowest BCUT2D eigenvalue weighted by Gasteiger charge is -2.11. The maximum absolute atomic E-state index is 11.8. The third kappa shape index (κ3) is 3.38. The minimum atomic E-state index is -0.168. The van der Waals surface area contributed by atoms with Crippen LogP contribution in [0.2, 0.25) is 0 Å². The van der Waals surface area contributed by atoms with Gasteiger partial charge in [0.2, 0.25) is 0 Å². The van der Waals surface area contributed by atoms with Crippen molar-refractivity contribution in [3.63, 3.8) is 0 Å². The summed E-state index contributed by atoms with van der Waals surface area (Å²) in [6.45, 7) is 0.848. The van der Waals surface area contributed by atoms with Crippen molar-refractivity contribution in [2.24, 2.45) is 0 Å². The molecule has 94 valence electrons. The van der Waals surface area contributed by atoms with Gasteiger partial charge >= 0.3 is 0 Å². The van der Waals surface area contributed by atoms with E-state index in [0.717, 1.165) is 17.8 Å². The maximum Gasteiger partial charge on any atom is 0.275 e. The van der Waals surface area contributed by atoms with Crippen molar-refractivity contribution in [2.45, 2.75) is 6.54 Å². The summed E-state index contributed by atoms with van der Waals surface area (Å²) in [4.78, 5) is 17.9. The van der Waals surface area contributed by atoms with E-state index in [1.165, 1.54) is 11.3 Å². The Bertz CT molecular complexity index is 523. The Morgan fingerprint density at radius 3 is 2.94 bits per heavy atom. The van der Waals surface area contributed by atoms with Crippen LogP contribution in [0.5, 0.6) is 0 Å². The first-order valence-corrected chi connectivity index (χ1v) is 6.52. The van der Waals surface area contributed by atoms with E-state index in [9.17, 15) is 4.79 Å². The molecule has 0 bridgehead atoms. The summed E-state index contributed by atoms with van der Waals surface area (Å²) in [7, 11) is 4.03. The van der Waals surface area contributed by atoms with E-state index in [0.29, 0.717) is 5.69 Å². The summed E-state index contributed by atoms with van der Waals surface area (Å²) < 4.78 is 0. The minimum absolute atomic E-state index is 0.168. The molecule has 0 radical (unpaired) electrons. The number of rotatable bonds is 4. The van der Waals surface area contributed by atoms with E-state index < -0.39 is 0 Å². The second-order valence-corrected chi connectivity index (χ2v) is 4.98. The summed E-state index contributed by atoms with van der Waals surface area (Å²) >= 11 is 1.41. The van der Waals surface area contributed by atoms with Crippen molar-refractivity contribution < 1.29 is 4.79 Å². The Hall–Kier alpha value is -1.72. The molecule has 1 aromatic carbocycles. The van der Waals surface area contributed by atoms with Crippen LogP contribution in [0.15, 0.2) is 35.2 Å². The summed E-state index contributed by atoms with van der Waals surface area (Å²) in [6.07, 6.45) is 0. The van der Waals surface area contributed by atoms with E-state index in [-0.39, 0.29) is 5.91 Å². The lowest BCUT2D eigenvalue weighted by atomic mass is 10.2. The molecule has 0 unspecified atom stereocenters. The zero-order valence-corrected chi connectivity index (χ0v) is 11.2. The highest BCUT2D eigenvalue weighted by molar-refractivity contribution is 7.07. The average molecular weight is 261 g/mol. The zero-order valence-electron chi connectivity index (χ0n) is 10.4. The van der Waals surface area contributed by atoms with Gasteiger partial charge in [-0.15, -0.1) is 11.3 Å². The van der Waals surface area contributed by atoms with Gasteiger partial charge in [-0.1, -0.05) is 12.1 Å². The lowest BCUT2D eigenvalue weighted by Crippen LogP contribution is -2.13. The SMILES string of the molecule is CN(C)Cc1cccc(NC(=O)c2cscn2)c1. The van der Waals surface area contributed by atoms with E-state index in [1.54, 1.807) is 10.9 Å². The van der Waals surface area contributed by atoms with Gasteiger partial charge in [-0.3, -0.25) is 4.79 Å². The summed E-state index contributed by atoms with van der Waals surface area (Å²) in [6, 6.07) is 7.84. The average Bonchev–Trinajstić information content (AvgIpc) is 2.81. The molecule has 4 nitrogen and oxygen atoms in total. The monoisotopic (exact) mass is 261 g/mol. The van der Waals surface area contributed by atoms with Gasteiger partial charge in [-0.25, -0.2) is 4.98 Å². The molecule has 1 amide bonds. The fourth-order valence-corrected chi connectivity index (χ4v) is 2.16. The van der Waals surface area contributed by atoms with Crippen molar-refractivity contribution in [1.82, 2.24) is 9.88 Å². The van der Waals surface area contributed by atoms with E-state index in [4.69, 9.17) is 0 Å². The van der Waals surface area contributed by atoms with Crippen LogP contribution in [0.1, 0.15) is 16.1 Å². The van der Waals surface area contributed by atoms with Gasteiger partial charge in [-0.2, -0.15) is 0 Å². The van der Waals surface area contributed by atoms with E-state index >= 15 is 0 Å².